The third-order valence-electron chi connectivity index (χ3n) is 2.67. The highest BCUT2D eigenvalue weighted by molar-refractivity contribution is 5.50. The molecule has 0 saturated carbocycles. The Labute approximate surface area is 111 Å². The molecule has 4 nitrogen and oxygen atoms in total. The van der Waals surface area contributed by atoms with Crippen LogP contribution in [0.15, 0.2) is 12.1 Å². The Hall–Kier alpha value is -1.50. The van der Waals surface area contributed by atoms with E-state index in [2.05, 4.69) is 10.3 Å². The maximum absolute atomic E-state index is 12.8. The van der Waals surface area contributed by atoms with Gasteiger partial charge in [0.1, 0.15) is 11.6 Å². The van der Waals surface area contributed by atoms with E-state index in [4.69, 9.17) is 0 Å². The standard InChI is InChI=1S/C12H19F3N4/c1-16-10-7-9(12(13,14)15)8-11(17-10)19(4)6-5-18(2)3/h7-8H,5-6H2,1-4H3,(H,16,17). The number of rotatable bonds is 5. The predicted octanol–water partition coefficient (Wildman–Crippen LogP) is 2.14. The lowest BCUT2D eigenvalue weighted by Gasteiger charge is -2.22. The summed E-state index contributed by atoms with van der Waals surface area (Å²) in [5.41, 5.74) is -0.696. The maximum atomic E-state index is 12.8. The van der Waals surface area contributed by atoms with Gasteiger partial charge in [-0.15, -0.1) is 0 Å². The van der Waals surface area contributed by atoms with Crippen LogP contribution in [0.1, 0.15) is 5.56 Å². The number of anilines is 2. The molecule has 0 aliphatic carbocycles. The highest BCUT2D eigenvalue weighted by atomic mass is 19.4. The van der Waals surface area contributed by atoms with E-state index < -0.39 is 11.7 Å². The van der Waals surface area contributed by atoms with E-state index in [1.165, 1.54) is 0 Å². The molecule has 1 aromatic rings. The molecule has 108 valence electrons. The zero-order valence-electron chi connectivity index (χ0n) is 11.5. The van der Waals surface area contributed by atoms with Gasteiger partial charge >= 0.3 is 6.18 Å². The van der Waals surface area contributed by atoms with Gasteiger partial charge in [-0.3, -0.25) is 0 Å². The summed E-state index contributed by atoms with van der Waals surface area (Å²) in [5, 5.41) is 2.65. The fourth-order valence-corrected chi connectivity index (χ4v) is 1.47. The van der Waals surface area contributed by atoms with Crippen molar-refractivity contribution in [2.75, 3.05) is 51.5 Å². The summed E-state index contributed by atoms with van der Waals surface area (Å²) in [6.45, 7) is 1.34. The number of halogens is 3. The van der Waals surface area contributed by atoms with Gasteiger partial charge in [-0.2, -0.15) is 13.2 Å². The van der Waals surface area contributed by atoms with E-state index in [1.54, 1.807) is 19.0 Å². The molecular formula is C12H19F3N4. The lowest BCUT2D eigenvalue weighted by Crippen LogP contribution is -2.29. The van der Waals surface area contributed by atoms with Crippen LogP contribution in [0.25, 0.3) is 0 Å². The molecule has 0 unspecified atom stereocenters. The van der Waals surface area contributed by atoms with Crippen molar-refractivity contribution in [3.05, 3.63) is 17.7 Å². The maximum Gasteiger partial charge on any atom is 0.416 e. The molecular weight excluding hydrogens is 257 g/mol. The molecule has 0 saturated heterocycles. The minimum absolute atomic E-state index is 0.210. The minimum Gasteiger partial charge on any atom is -0.373 e. The molecule has 19 heavy (non-hydrogen) atoms. The summed E-state index contributed by atoms with van der Waals surface area (Å²) >= 11 is 0. The first kappa shape index (κ1) is 15.6. The molecule has 0 aliphatic heterocycles. The topological polar surface area (TPSA) is 31.4 Å². The molecule has 0 radical (unpaired) electrons. The molecule has 0 amide bonds. The number of nitrogens with zero attached hydrogens (tertiary/aromatic N) is 3. The Morgan fingerprint density at radius 3 is 2.26 bits per heavy atom. The van der Waals surface area contributed by atoms with E-state index in [-0.39, 0.29) is 5.82 Å². The SMILES string of the molecule is CNc1cc(C(F)(F)F)cc(N(C)CCN(C)C)n1. The zero-order valence-corrected chi connectivity index (χ0v) is 11.5. The monoisotopic (exact) mass is 276 g/mol. The fourth-order valence-electron chi connectivity index (χ4n) is 1.47. The molecule has 1 N–H and O–H groups in total. The zero-order chi connectivity index (χ0) is 14.6. The van der Waals surface area contributed by atoms with E-state index in [0.717, 1.165) is 18.7 Å². The molecule has 0 aromatic carbocycles. The van der Waals surface area contributed by atoms with Crippen LogP contribution in [0.2, 0.25) is 0 Å². The van der Waals surface area contributed by atoms with Crippen molar-refractivity contribution in [1.82, 2.24) is 9.88 Å². The molecule has 0 aliphatic rings. The number of nitrogens with one attached hydrogen (secondary N) is 1. The van der Waals surface area contributed by atoms with Gasteiger partial charge in [-0.25, -0.2) is 4.98 Å². The van der Waals surface area contributed by atoms with Gasteiger partial charge < -0.3 is 15.1 Å². The van der Waals surface area contributed by atoms with Gasteiger partial charge in [-0.05, 0) is 26.2 Å². The van der Waals surface area contributed by atoms with Crippen molar-refractivity contribution in [2.45, 2.75) is 6.18 Å². The van der Waals surface area contributed by atoms with E-state index >= 15 is 0 Å². The predicted molar refractivity (Wildman–Crippen MR) is 70.6 cm³/mol. The van der Waals surface area contributed by atoms with Crippen molar-refractivity contribution in [3.8, 4) is 0 Å². The van der Waals surface area contributed by atoms with Crippen LogP contribution >= 0.6 is 0 Å². The molecule has 0 fully saturated rings. The third-order valence-corrected chi connectivity index (χ3v) is 2.67. The quantitative estimate of drug-likeness (QED) is 0.893. The normalized spacial score (nSPS) is 11.8. The van der Waals surface area contributed by atoms with Crippen molar-refractivity contribution >= 4 is 11.6 Å². The number of hydrogen-bond donors (Lipinski definition) is 1. The van der Waals surface area contributed by atoms with Crippen LogP contribution in [0, 0.1) is 0 Å². The van der Waals surface area contributed by atoms with Crippen molar-refractivity contribution in [2.24, 2.45) is 0 Å². The molecule has 7 heteroatoms. The largest absolute Gasteiger partial charge is 0.416 e. The fraction of sp³-hybridized carbons (Fsp3) is 0.583. The van der Waals surface area contributed by atoms with Crippen LogP contribution in [0.5, 0.6) is 0 Å². The first-order valence-electron chi connectivity index (χ1n) is 5.87. The van der Waals surface area contributed by atoms with Gasteiger partial charge in [0.15, 0.2) is 0 Å². The average Bonchev–Trinajstić information content (AvgIpc) is 2.34. The smallest absolute Gasteiger partial charge is 0.373 e. The Morgan fingerprint density at radius 2 is 1.79 bits per heavy atom. The van der Waals surface area contributed by atoms with Gasteiger partial charge in [0.05, 0.1) is 5.56 Å². The van der Waals surface area contributed by atoms with Crippen LogP contribution in [0.3, 0.4) is 0 Å². The molecule has 1 aromatic heterocycles. The first-order chi connectivity index (χ1) is 8.74. The molecule has 1 rings (SSSR count). The number of alkyl halides is 3. The Balaban J connectivity index is 2.99. The lowest BCUT2D eigenvalue weighted by molar-refractivity contribution is -0.137. The van der Waals surface area contributed by atoms with Gasteiger partial charge in [0.2, 0.25) is 0 Å². The van der Waals surface area contributed by atoms with Crippen molar-refractivity contribution in [1.29, 1.82) is 0 Å². The van der Waals surface area contributed by atoms with E-state index in [1.807, 2.05) is 19.0 Å². The average molecular weight is 276 g/mol. The molecule has 0 bridgehead atoms. The summed E-state index contributed by atoms with van der Waals surface area (Å²) in [6, 6.07) is 2.07. The van der Waals surface area contributed by atoms with Gasteiger partial charge in [-0.1, -0.05) is 0 Å². The Morgan fingerprint density at radius 1 is 1.16 bits per heavy atom. The van der Waals surface area contributed by atoms with E-state index in [9.17, 15) is 13.2 Å². The first-order valence-corrected chi connectivity index (χ1v) is 5.87. The number of pyridine rings is 1. The second-order valence-electron chi connectivity index (χ2n) is 4.57. The summed E-state index contributed by atoms with van der Waals surface area (Å²) in [4.78, 5) is 7.81. The molecule has 1 heterocycles. The Kier molecular flexibility index (Phi) is 4.99. The van der Waals surface area contributed by atoms with E-state index in [0.29, 0.717) is 12.4 Å². The summed E-state index contributed by atoms with van der Waals surface area (Å²) in [6.07, 6.45) is -4.37. The van der Waals surface area contributed by atoms with Gasteiger partial charge in [0, 0.05) is 27.2 Å². The number of aromatic nitrogens is 1. The molecule has 0 atom stereocenters. The van der Waals surface area contributed by atoms with Crippen LogP contribution in [-0.4, -0.2) is 51.2 Å². The number of likely N-dealkylation sites (N-methyl/N-ethyl adjacent to an activating group) is 2. The Bertz CT molecular complexity index is 418. The van der Waals surface area contributed by atoms with Crippen LogP contribution in [0.4, 0.5) is 24.8 Å². The molecule has 0 spiro atoms. The summed E-state index contributed by atoms with van der Waals surface area (Å²) < 4.78 is 38.3. The second kappa shape index (κ2) is 6.10. The van der Waals surface area contributed by atoms with Crippen LogP contribution < -0.4 is 10.2 Å². The summed E-state index contributed by atoms with van der Waals surface area (Å²) in [5.74, 6) is 0.516. The van der Waals surface area contributed by atoms with Crippen molar-refractivity contribution in [3.63, 3.8) is 0 Å². The van der Waals surface area contributed by atoms with Crippen LogP contribution in [-0.2, 0) is 6.18 Å². The second-order valence-corrected chi connectivity index (χ2v) is 4.57. The highest BCUT2D eigenvalue weighted by Gasteiger charge is 2.31. The number of hydrogen-bond acceptors (Lipinski definition) is 4. The summed E-state index contributed by atoms with van der Waals surface area (Å²) in [7, 11) is 7.09. The minimum atomic E-state index is -4.37. The third kappa shape index (κ3) is 4.59. The van der Waals surface area contributed by atoms with Crippen molar-refractivity contribution < 1.29 is 13.2 Å². The van der Waals surface area contributed by atoms with Gasteiger partial charge in [0.25, 0.3) is 0 Å². The lowest BCUT2D eigenvalue weighted by atomic mass is 10.2. The highest BCUT2D eigenvalue weighted by Crippen LogP contribution is 2.32.